The van der Waals surface area contributed by atoms with Crippen molar-refractivity contribution in [1.29, 1.82) is 0 Å². The maximum atomic E-state index is 11.5. The predicted molar refractivity (Wildman–Crippen MR) is 72.9 cm³/mol. The molecule has 6 nitrogen and oxygen atoms in total. The van der Waals surface area contributed by atoms with Crippen molar-refractivity contribution >= 4 is 11.7 Å². The normalized spacial score (nSPS) is 12.0. The van der Waals surface area contributed by atoms with E-state index in [2.05, 4.69) is 9.89 Å². The van der Waals surface area contributed by atoms with Crippen LogP contribution in [-0.2, 0) is 14.3 Å². The zero-order valence-electron chi connectivity index (χ0n) is 11.8. The second-order valence-corrected chi connectivity index (χ2v) is 3.98. The lowest BCUT2D eigenvalue weighted by Gasteiger charge is -2.11. The number of hydrogen-bond acceptors (Lipinski definition) is 6. The van der Waals surface area contributed by atoms with Gasteiger partial charge in [0.1, 0.15) is 12.0 Å². The molecule has 0 aliphatic rings. The second-order valence-electron chi connectivity index (χ2n) is 3.98. The van der Waals surface area contributed by atoms with Crippen molar-refractivity contribution in [1.82, 2.24) is 0 Å². The van der Waals surface area contributed by atoms with Crippen LogP contribution in [0.15, 0.2) is 35.4 Å². The molecule has 20 heavy (non-hydrogen) atoms. The summed E-state index contributed by atoms with van der Waals surface area (Å²) in [6.07, 6.45) is 1.16. The first kappa shape index (κ1) is 15.6. The largest absolute Gasteiger partial charge is 0.500 e. The van der Waals surface area contributed by atoms with Crippen molar-refractivity contribution in [2.75, 3.05) is 14.2 Å². The minimum absolute atomic E-state index is 0.0751. The van der Waals surface area contributed by atoms with Gasteiger partial charge in [-0.1, -0.05) is 17.3 Å². The van der Waals surface area contributed by atoms with E-state index < -0.39 is 5.97 Å². The standard InChI is InChI=1S/C14H17NO5/c1-9-5-6-11(10(2)15-17)7-12(9)20-13(8-18-3)14(16)19-4/h5-8,17H,1-4H3/b13-8+,15-10+. The van der Waals surface area contributed by atoms with Gasteiger partial charge in [0.25, 0.3) is 0 Å². The molecule has 0 radical (unpaired) electrons. The van der Waals surface area contributed by atoms with Crippen molar-refractivity contribution in [3.63, 3.8) is 0 Å². The lowest BCUT2D eigenvalue weighted by atomic mass is 10.1. The molecule has 0 aliphatic carbocycles. The molecule has 0 fully saturated rings. The molecule has 1 N–H and O–H groups in total. The van der Waals surface area contributed by atoms with Gasteiger partial charge in [0, 0.05) is 5.56 Å². The molecular formula is C14H17NO5. The first-order valence-corrected chi connectivity index (χ1v) is 5.82. The quantitative estimate of drug-likeness (QED) is 0.223. The van der Waals surface area contributed by atoms with Gasteiger partial charge in [-0.25, -0.2) is 4.79 Å². The average Bonchev–Trinajstić information content (AvgIpc) is 2.47. The molecule has 0 bridgehead atoms. The van der Waals surface area contributed by atoms with E-state index in [0.717, 1.165) is 11.8 Å². The zero-order valence-corrected chi connectivity index (χ0v) is 11.8. The molecule has 0 atom stereocenters. The summed E-state index contributed by atoms with van der Waals surface area (Å²) < 4.78 is 14.9. The SMILES string of the molecule is CO/C=C(/Oc1cc(/C(C)=N/O)ccc1C)C(=O)OC. The molecule has 0 spiro atoms. The lowest BCUT2D eigenvalue weighted by molar-refractivity contribution is -0.138. The molecule has 0 aliphatic heterocycles. The Balaban J connectivity index is 3.12. The molecule has 0 heterocycles. The van der Waals surface area contributed by atoms with E-state index in [0.29, 0.717) is 17.0 Å². The Bertz CT molecular complexity index is 548. The van der Waals surface area contributed by atoms with Gasteiger partial charge in [0.2, 0.25) is 5.76 Å². The molecule has 0 saturated heterocycles. The Morgan fingerprint density at radius 3 is 2.60 bits per heavy atom. The molecule has 0 aromatic heterocycles. The number of benzene rings is 1. The molecule has 0 saturated carbocycles. The average molecular weight is 279 g/mol. The number of oxime groups is 1. The van der Waals surface area contributed by atoms with E-state index in [1.54, 1.807) is 25.1 Å². The van der Waals surface area contributed by atoms with Gasteiger partial charge < -0.3 is 19.4 Å². The van der Waals surface area contributed by atoms with Crippen LogP contribution in [-0.4, -0.2) is 31.1 Å². The second kappa shape index (κ2) is 7.18. The van der Waals surface area contributed by atoms with Crippen LogP contribution in [0.1, 0.15) is 18.1 Å². The van der Waals surface area contributed by atoms with E-state index in [-0.39, 0.29) is 5.76 Å². The monoisotopic (exact) mass is 279 g/mol. The van der Waals surface area contributed by atoms with Gasteiger partial charge in [-0.15, -0.1) is 0 Å². The molecule has 6 heteroatoms. The molecule has 1 aromatic carbocycles. The Morgan fingerprint density at radius 1 is 1.35 bits per heavy atom. The lowest BCUT2D eigenvalue weighted by Crippen LogP contribution is -2.12. The van der Waals surface area contributed by atoms with Crippen molar-refractivity contribution < 1.29 is 24.2 Å². The van der Waals surface area contributed by atoms with Crippen LogP contribution in [0.5, 0.6) is 5.75 Å². The first-order valence-electron chi connectivity index (χ1n) is 5.82. The van der Waals surface area contributed by atoms with E-state index in [9.17, 15) is 4.79 Å². The number of hydrogen-bond donors (Lipinski definition) is 1. The summed E-state index contributed by atoms with van der Waals surface area (Å²) >= 11 is 0. The van der Waals surface area contributed by atoms with Gasteiger partial charge in [-0.2, -0.15) is 0 Å². The molecule has 1 aromatic rings. The highest BCUT2D eigenvalue weighted by molar-refractivity contribution is 5.98. The van der Waals surface area contributed by atoms with Crippen LogP contribution in [0.2, 0.25) is 0 Å². The predicted octanol–water partition coefficient (Wildman–Crippen LogP) is 2.23. The summed E-state index contributed by atoms with van der Waals surface area (Å²) in [6, 6.07) is 5.24. The summed E-state index contributed by atoms with van der Waals surface area (Å²) in [5.41, 5.74) is 1.92. The van der Waals surface area contributed by atoms with Crippen molar-refractivity contribution in [3.05, 3.63) is 41.3 Å². The molecule has 0 unspecified atom stereocenters. The van der Waals surface area contributed by atoms with Gasteiger partial charge in [0.05, 0.1) is 19.9 Å². The Kier molecular flexibility index (Phi) is 5.58. The van der Waals surface area contributed by atoms with Crippen LogP contribution in [0.4, 0.5) is 0 Å². The third kappa shape index (κ3) is 3.74. The highest BCUT2D eigenvalue weighted by atomic mass is 16.6. The number of nitrogens with zero attached hydrogens (tertiary/aromatic N) is 1. The molecular weight excluding hydrogens is 262 g/mol. The van der Waals surface area contributed by atoms with Crippen LogP contribution in [0.25, 0.3) is 0 Å². The Hall–Kier alpha value is -2.50. The number of carbonyl (C=O) groups excluding carboxylic acids is 1. The number of rotatable bonds is 5. The van der Waals surface area contributed by atoms with Crippen LogP contribution < -0.4 is 4.74 Å². The van der Waals surface area contributed by atoms with Crippen molar-refractivity contribution in [2.45, 2.75) is 13.8 Å². The minimum atomic E-state index is -0.649. The Labute approximate surface area is 117 Å². The van der Waals surface area contributed by atoms with Gasteiger partial charge in [0.15, 0.2) is 0 Å². The fraction of sp³-hybridized carbons (Fsp3) is 0.286. The molecule has 1 rings (SSSR count). The zero-order chi connectivity index (χ0) is 15.1. The Morgan fingerprint density at radius 2 is 2.05 bits per heavy atom. The number of ether oxygens (including phenoxy) is 3. The van der Waals surface area contributed by atoms with Crippen LogP contribution in [0, 0.1) is 6.92 Å². The maximum absolute atomic E-state index is 11.5. The molecule has 108 valence electrons. The summed E-state index contributed by atoms with van der Waals surface area (Å²) in [7, 11) is 2.65. The van der Waals surface area contributed by atoms with E-state index >= 15 is 0 Å². The summed E-state index contributed by atoms with van der Waals surface area (Å²) in [6.45, 7) is 3.48. The topological polar surface area (TPSA) is 77.4 Å². The van der Waals surface area contributed by atoms with Crippen LogP contribution >= 0.6 is 0 Å². The molecule has 0 amide bonds. The first-order chi connectivity index (χ1) is 9.53. The fourth-order valence-electron chi connectivity index (χ4n) is 1.43. The third-order valence-electron chi connectivity index (χ3n) is 2.59. The van der Waals surface area contributed by atoms with E-state index in [4.69, 9.17) is 14.7 Å². The maximum Gasteiger partial charge on any atom is 0.377 e. The van der Waals surface area contributed by atoms with E-state index in [1.807, 2.05) is 6.92 Å². The summed E-state index contributed by atoms with van der Waals surface area (Å²) in [5.74, 6) is -0.280. The fourth-order valence-corrected chi connectivity index (χ4v) is 1.43. The highest BCUT2D eigenvalue weighted by Gasteiger charge is 2.15. The van der Waals surface area contributed by atoms with Crippen LogP contribution in [0.3, 0.4) is 0 Å². The van der Waals surface area contributed by atoms with Crippen molar-refractivity contribution in [2.24, 2.45) is 5.16 Å². The van der Waals surface area contributed by atoms with Crippen molar-refractivity contribution in [3.8, 4) is 5.75 Å². The number of aryl methyl sites for hydroxylation is 1. The third-order valence-corrected chi connectivity index (χ3v) is 2.59. The number of carbonyl (C=O) groups is 1. The summed E-state index contributed by atoms with van der Waals surface area (Å²) in [5, 5.41) is 11.9. The summed E-state index contributed by atoms with van der Waals surface area (Å²) in [4.78, 5) is 11.5. The van der Waals surface area contributed by atoms with E-state index in [1.165, 1.54) is 14.2 Å². The van der Waals surface area contributed by atoms with Gasteiger partial charge in [-0.05, 0) is 25.5 Å². The highest BCUT2D eigenvalue weighted by Crippen LogP contribution is 2.22. The smallest absolute Gasteiger partial charge is 0.377 e. The number of esters is 1. The van der Waals surface area contributed by atoms with Gasteiger partial charge >= 0.3 is 5.97 Å². The minimum Gasteiger partial charge on any atom is -0.500 e. The number of methoxy groups -OCH3 is 2. The van der Waals surface area contributed by atoms with Gasteiger partial charge in [-0.3, -0.25) is 0 Å².